The molecular formula is C25H24ClF3N2O2S. The van der Waals surface area contributed by atoms with E-state index < -0.39 is 11.7 Å². The summed E-state index contributed by atoms with van der Waals surface area (Å²) in [5, 5.41) is 2.45. The molecule has 0 unspecified atom stereocenters. The van der Waals surface area contributed by atoms with Crippen LogP contribution in [0.2, 0.25) is 5.02 Å². The van der Waals surface area contributed by atoms with Crippen molar-refractivity contribution in [2.75, 3.05) is 26.2 Å². The van der Waals surface area contributed by atoms with Gasteiger partial charge in [0.2, 0.25) is 0 Å². The van der Waals surface area contributed by atoms with Crippen LogP contribution in [0.5, 0.6) is 5.75 Å². The summed E-state index contributed by atoms with van der Waals surface area (Å²) in [5.74, 6) is 0.571. The van der Waals surface area contributed by atoms with Gasteiger partial charge in [0.05, 0.1) is 15.5 Å². The van der Waals surface area contributed by atoms with Crippen LogP contribution in [-0.4, -0.2) is 41.9 Å². The third kappa shape index (κ3) is 6.11. The Labute approximate surface area is 205 Å². The Balaban J connectivity index is 1.29. The second kappa shape index (κ2) is 10.4. The smallest absolute Gasteiger partial charge is 0.416 e. The van der Waals surface area contributed by atoms with Gasteiger partial charge >= 0.3 is 6.18 Å². The Morgan fingerprint density at radius 1 is 1.06 bits per heavy atom. The van der Waals surface area contributed by atoms with Gasteiger partial charge in [-0.25, -0.2) is 0 Å². The summed E-state index contributed by atoms with van der Waals surface area (Å²) >= 11 is 7.55. The van der Waals surface area contributed by atoms with E-state index in [0.717, 1.165) is 17.2 Å². The van der Waals surface area contributed by atoms with Gasteiger partial charge in [0.25, 0.3) is 5.91 Å². The zero-order valence-electron chi connectivity index (χ0n) is 18.6. The normalized spacial score (nSPS) is 14.9. The monoisotopic (exact) mass is 508 g/mol. The topological polar surface area (TPSA) is 32.8 Å². The van der Waals surface area contributed by atoms with Crippen molar-refractivity contribution in [3.8, 4) is 5.75 Å². The zero-order chi connectivity index (χ0) is 24.3. The number of amides is 1. The molecule has 0 bridgehead atoms. The van der Waals surface area contributed by atoms with Crippen LogP contribution < -0.4 is 4.74 Å². The first-order valence-corrected chi connectivity index (χ1v) is 12.1. The van der Waals surface area contributed by atoms with Gasteiger partial charge in [-0.1, -0.05) is 35.9 Å². The molecule has 0 radical (unpaired) electrons. The van der Waals surface area contributed by atoms with E-state index in [2.05, 4.69) is 4.90 Å². The number of thiophene rings is 1. The van der Waals surface area contributed by atoms with Gasteiger partial charge in [-0.2, -0.15) is 13.2 Å². The van der Waals surface area contributed by atoms with Crippen molar-refractivity contribution in [2.24, 2.45) is 0 Å². The average molecular weight is 509 g/mol. The van der Waals surface area contributed by atoms with E-state index in [4.69, 9.17) is 16.3 Å². The van der Waals surface area contributed by atoms with Crippen LogP contribution in [0, 0.1) is 6.92 Å². The van der Waals surface area contributed by atoms with Crippen LogP contribution in [0.3, 0.4) is 0 Å². The predicted octanol–water partition coefficient (Wildman–Crippen LogP) is 6.27. The molecule has 9 heteroatoms. The fraction of sp³-hybridized carbons (Fsp3) is 0.320. The number of benzene rings is 2. The Hall–Kier alpha value is -2.55. The standard InChI is InChI=1S/C25H24ClF3N2O2S/c1-17-5-6-21(26)22(11-17)33-15-19-13-23(34-16-19)24(32)31-9-7-30(8-10-31)14-18-3-2-4-20(12-18)25(27,28)29/h2-6,11-13,16H,7-10,14-15H2,1H3. The quantitative estimate of drug-likeness (QED) is 0.393. The molecule has 1 saturated heterocycles. The van der Waals surface area contributed by atoms with Gasteiger partial charge in [-0.15, -0.1) is 11.3 Å². The van der Waals surface area contributed by atoms with E-state index in [9.17, 15) is 18.0 Å². The van der Waals surface area contributed by atoms with Crippen LogP contribution in [0.15, 0.2) is 53.9 Å². The van der Waals surface area contributed by atoms with Crippen molar-refractivity contribution in [3.63, 3.8) is 0 Å². The molecule has 3 aromatic rings. The lowest BCUT2D eigenvalue weighted by Crippen LogP contribution is -2.48. The highest BCUT2D eigenvalue weighted by Gasteiger charge is 2.30. The molecule has 1 fully saturated rings. The van der Waals surface area contributed by atoms with Crippen molar-refractivity contribution >= 4 is 28.8 Å². The average Bonchev–Trinajstić information content (AvgIpc) is 3.28. The number of carbonyl (C=O) groups excluding carboxylic acids is 1. The molecule has 34 heavy (non-hydrogen) atoms. The number of rotatable bonds is 6. The SMILES string of the molecule is Cc1ccc(Cl)c(OCc2csc(C(=O)N3CCN(Cc4cccc(C(F)(F)F)c4)CC3)c2)c1. The highest BCUT2D eigenvalue weighted by atomic mass is 35.5. The highest BCUT2D eigenvalue weighted by molar-refractivity contribution is 7.12. The number of ether oxygens (including phenoxy) is 1. The van der Waals surface area contributed by atoms with Crippen molar-refractivity contribution in [2.45, 2.75) is 26.3 Å². The first kappa shape index (κ1) is 24.6. The molecule has 2 heterocycles. The Morgan fingerprint density at radius 2 is 1.82 bits per heavy atom. The van der Waals surface area contributed by atoms with Crippen molar-refractivity contribution < 1.29 is 22.7 Å². The largest absolute Gasteiger partial charge is 0.487 e. The number of hydrogen-bond acceptors (Lipinski definition) is 4. The van der Waals surface area contributed by atoms with Gasteiger partial charge in [-0.3, -0.25) is 9.69 Å². The minimum Gasteiger partial charge on any atom is -0.487 e. The van der Waals surface area contributed by atoms with E-state index in [1.54, 1.807) is 17.0 Å². The second-order valence-corrected chi connectivity index (χ2v) is 9.63. The fourth-order valence-electron chi connectivity index (χ4n) is 3.81. The molecule has 1 amide bonds. The molecule has 1 aliphatic heterocycles. The lowest BCUT2D eigenvalue weighted by Gasteiger charge is -2.34. The van der Waals surface area contributed by atoms with Gasteiger partial charge in [0, 0.05) is 38.3 Å². The Morgan fingerprint density at radius 3 is 2.56 bits per heavy atom. The summed E-state index contributed by atoms with van der Waals surface area (Å²) in [4.78, 5) is 17.4. The van der Waals surface area contributed by atoms with Crippen molar-refractivity contribution in [3.05, 3.63) is 86.1 Å². The zero-order valence-corrected chi connectivity index (χ0v) is 20.1. The maximum atomic E-state index is 12.9. The molecule has 4 rings (SSSR count). The molecule has 4 nitrogen and oxygen atoms in total. The molecule has 0 spiro atoms. The van der Waals surface area contributed by atoms with Gasteiger partial charge in [0.1, 0.15) is 12.4 Å². The Bertz CT molecular complexity index is 1160. The summed E-state index contributed by atoms with van der Waals surface area (Å²) in [5.41, 5.74) is 1.93. The van der Waals surface area contributed by atoms with Crippen LogP contribution in [0.1, 0.15) is 31.9 Å². The van der Waals surface area contributed by atoms with E-state index >= 15 is 0 Å². The molecule has 0 aliphatic carbocycles. The van der Waals surface area contributed by atoms with Crippen LogP contribution in [0.4, 0.5) is 13.2 Å². The van der Waals surface area contributed by atoms with E-state index in [1.807, 2.05) is 30.5 Å². The summed E-state index contributed by atoms with van der Waals surface area (Å²) in [6, 6.07) is 12.8. The van der Waals surface area contributed by atoms with Crippen molar-refractivity contribution in [1.29, 1.82) is 0 Å². The van der Waals surface area contributed by atoms with E-state index in [0.29, 0.717) is 60.5 Å². The lowest BCUT2D eigenvalue weighted by atomic mass is 10.1. The molecule has 0 N–H and O–H groups in total. The number of alkyl halides is 3. The fourth-order valence-corrected chi connectivity index (χ4v) is 4.85. The molecule has 2 aromatic carbocycles. The summed E-state index contributed by atoms with van der Waals surface area (Å²) in [6.45, 7) is 4.97. The Kier molecular flexibility index (Phi) is 7.50. The molecule has 180 valence electrons. The second-order valence-electron chi connectivity index (χ2n) is 8.31. The number of aryl methyl sites for hydroxylation is 1. The molecule has 1 aromatic heterocycles. The van der Waals surface area contributed by atoms with Gasteiger partial charge < -0.3 is 9.64 Å². The summed E-state index contributed by atoms with van der Waals surface area (Å²) in [6.07, 6.45) is -4.35. The minimum atomic E-state index is -4.35. The number of nitrogens with zero attached hydrogens (tertiary/aromatic N) is 2. The number of piperazine rings is 1. The first-order chi connectivity index (χ1) is 16.2. The van der Waals surface area contributed by atoms with Gasteiger partial charge in [0.15, 0.2) is 0 Å². The maximum absolute atomic E-state index is 12.9. The van der Waals surface area contributed by atoms with E-state index in [1.165, 1.54) is 23.5 Å². The van der Waals surface area contributed by atoms with Crippen molar-refractivity contribution in [1.82, 2.24) is 9.80 Å². The summed E-state index contributed by atoms with van der Waals surface area (Å²) < 4.78 is 44.7. The first-order valence-electron chi connectivity index (χ1n) is 10.8. The highest BCUT2D eigenvalue weighted by Crippen LogP contribution is 2.30. The minimum absolute atomic E-state index is 0.0384. The lowest BCUT2D eigenvalue weighted by molar-refractivity contribution is -0.137. The van der Waals surface area contributed by atoms with E-state index in [-0.39, 0.29) is 5.91 Å². The summed E-state index contributed by atoms with van der Waals surface area (Å²) in [7, 11) is 0. The maximum Gasteiger partial charge on any atom is 0.416 e. The third-order valence-electron chi connectivity index (χ3n) is 5.67. The number of hydrogen-bond donors (Lipinski definition) is 0. The van der Waals surface area contributed by atoms with Crippen LogP contribution in [-0.2, 0) is 19.3 Å². The molecule has 0 saturated carbocycles. The molecular weight excluding hydrogens is 485 g/mol. The predicted molar refractivity (Wildman–Crippen MR) is 127 cm³/mol. The van der Waals surface area contributed by atoms with Crippen LogP contribution in [0.25, 0.3) is 0 Å². The number of halogens is 4. The molecule has 1 aliphatic rings. The van der Waals surface area contributed by atoms with Gasteiger partial charge in [-0.05, 0) is 47.7 Å². The molecule has 0 atom stereocenters. The van der Waals surface area contributed by atoms with Crippen LogP contribution >= 0.6 is 22.9 Å². The number of carbonyl (C=O) groups is 1. The third-order valence-corrected chi connectivity index (χ3v) is 6.94.